The SMILES string of the molecule is COC(C)(C)c1ccccc1C1CCNC1. The molecule has 1 unspecified atom stereocenters. The van der Waals surface area contributed by atoms with Crippen LogP contribution in [0, 0.1) is 0 Å². The van der Waals surface area contributed by atoms with Gasteiger partial charge in [-0.3, -0.25) is 0 Å². The fraction of sp³-hybridized carbons (Fsp3) is 0.571. The minimum absolute atomic E-state index is 0.195. The highest BCUT2D eigenvalue weighted by molar-refractivity contribution is 5.35. The van der Waals surface area contributed by atoms with Crippen molar-refractivity contribution in [1.29, 1.82) is 0 Å². The fourth-order valence-corrected chi connectivity index (χ4v) is 2.43. The Bertz CT molecular complexity index is 354. The van der Waals surface area contributed by atoms with Crippen LogP contribution in [0.3, 0.4) is 0 Å². The van der Waals surface area contributed by atoms with Gasteiger partial charge < -0.3 is 10.1 Å². The van der Waals surface area contributed by atoms with Crippen molar-refractivity contribution in [2.75, 3.05) is 20.2 Å². The fourth-order valence-electron chi connectivity index (χ4n) is 2.43. The Labute approximate surface area is 98.0 Å². The molecule has 0 spiro atoms. The lowest BCUT2D eigenvalue weighted by Crippen LogP contribution is -2.23. The van der Waals surface area contributed by atoms with Crippen LogP contribution in [-0.2, 0) is 10.3 Å². The van der Waals surface area contributed by atoms with Gasteiger partial charge in [-0.1, -0.05) is 24.3 Å². The summed E-state index contributed by atoms with van der Waals surface area (Å²) in [5.74, 6) is 0.644. The molecule has 1 atom stereocenters. The predicted molar refractivity (Wildman–Crippen MR) is 66.7 cm³/mol. The van der Waals surface area contributed by atoms with E-state index in [-0.39, 0.29) is 5.60 Å². The molecule has 1 N–H and O–H groups in total. The highest BCUT2D eigenvalue weighted by Gasteiger charge is 2.27. The lowest BCUT2D eigenvalue weighted by atomic mass is 9.86. The van der Waals surface area contributed by atoms with Gasteiger partial charge in [0.15, 0.2) is 0 Å². The molecule has 16 heavy (non-hydrogen) atoms. The first-order chi connectivity index (χ1) is 7.65. The zero-order chi connectivity index (χ0) is 11.6. The van der Waals surface area contributed by atoms with Crippen molar-refractivity contribution in [1.82, 2.24) is 5.32 Å². The summed E-state index contributed by atoms with van der Waals surface area (Å²) < 4.78 is 5.60. The Morgan fingerprint density at radius 3 is 2.69 bits per heavy atom. The third-order valence-corrected chi connectivity index (χ3v) is 3.62. The van der Waals surface area contributed by atoms with Crippen LogP contribution in [0.25, 0.3) is 0 Å². The lowest BCUT2D eigenvalue weighted by molar-refractivity contribution is 0.0182. The van der Waals surface area contributed by atoms with Crippen molar-refractivity contribution >= 4 is 0 Å². The summed E-state index contributed by atoms with van der Waals surface area (Å²) in [6, 6.07) is 8.66. The number of hydrogen-bond donors (Lipinski definition) is 1. The molecule has 0 aliphatic carbocycles. The maximum atomic E-state index is 5.60. The standard InChI is InChI=1S/C14H21NO/c1-14(2,16-3)13-7-5-4-6-12(13)11-8-9-15-10-11/h4-7,11,15H,8-10H2,1-3H3. The minimum atomic E-state index is -0.195. The summed E-state index contributed by atoms with van der Waals surface area (Å²) in [6.45, 7) is 6.49. The van der Waals surface area contributed by atoms with Crippen LogP contribution in [0.5, 0.6) is 0 Å². The normalized spacial score (nSPS) is 21.3. The number of hydrogen-bond acceptors (Lipinski definition) is 2. The van der Waals surface area contributed by atoms with E-state index in [2.05, 4.69) is 43.4 Å². The molecule has 1 aliphatic heterocycles. The molecule has 0 amide bonds. The Hall–Kier alpha value is -0.860. The Morgan fingerprint density at radius 2 is 2.06 bits per heavy atom. The summed E-state index contributed by atoms with van der Waals surface area (Å²) in [4.78, 5) is 0. The van der Waals surface area contributed by atoms with Crippen LogP contribution in [0.2, 0.25) is 0 Å². The van der Waals surface area contributed by atoms with Gasteiger partial charge in [0.2, 0.25) is 0 Å². The molecular weight excluding hydrogens is 198 g/mol. The van der Waals surface area contributed by atoms with Crippen LogP contribution < -0.4 is 5.32 Å². The van der Waals surface area contributed by atoms with E-state index >= 15 is 0 Å². The van der Waals surface area contributed by atoms with Crippen molar-refractivity contribution in [3.63, 3.8) is 0 Å². The first-order valence-corrected chi connectivity index (χ1v) is 6.00. The number of methoxy groups -OCH3 is 1. The van der Waals surface area contributed by atoms with Gasteiger partial charge in [-0.15, -0.1) is 0 Å². The maximum absolute atomic E-state index is 5.60. The number of benzene rings is 1. The summed E-state index contributed by atoms with van der Waals surface area (Å²) in [7, 11) is 1.78. The van der Waals surface area contributed by atoms with E-state index in [1.807, 2.05) is 0 Å². The molecule has 1 saturated heterocycles. The first kappa shape index (κ1) is 11.6. The molecule has 2 nitrogen and oxygen atoms in total. The van der Waals surface area contributed by atoms with Gasteiger partial charge in [-0.05, 0) is 43.9 Å². The van der Waals surface area contributed by atoms with Gasteiger partial charge in [-0.2, -0.15) is 0 Å². The average Bonchev–Trinajstić information content (AvgIpc) is 2.82. The predicted octanol–water partition coefficient (Wildman–Crippen LogP) is 2.65. The quantitative estimate of drug-likeness (QED) is 0.844. The topological polar surface area (TPSA) is 21.3 Å². The van der Waals surface area contributed by atoms with Crippen LogP contribution in [0.4, 0.5) is 0 Å². The number of rotatable bonds is 3. The van der Waals surface area contributed by atoms with Gasteiger partial charge in [0.05, 0.1) is 5.60 Å². The zero-order valence-corrected chi connectivity index (χ0v) is 10.4. The monoisotopic (exact) mass is 219 g/mol. The summed E-state index contributed by atoms with van der Waals surface area (Å²) in [5.41, 5.74) is 2.57. The van der Waals surface area contributed by atoms with Gasteiger partial charge >= 0.3 is 0 Å². The van der Waals surface area contributed by atoms with Gasteiger partial charge in [0, 0.05) is 13.7 Å². The van der Waals surface area contributed by atoms with Gasteiger partial charge in [0.1, 0.15) is 0 Å². The van der Waals surface area contributed by atoms with Crippen molar-refractivity contribution in [3.8, 4) is 0 Å². The third kappa shape index (κ3) is 2.13. The van der Waals surface area contributed by atoms with Gasteiger partial charge in [-0.25, -0.2) is 0 Å². The summed E-state index contributed by atoms with van der Waals surface area (Å²) >= 11 is 0. The molecule has 0 bridgehead atoms. The average molecular weight is 219 g/mol. The molecule has 1 aliphatic rings. The molecule has 2 rings (SSSR count). The molecule has 0 saturated carbocycles. The molecule has 0 radical (unpaired) electrons. The number of ether oxygens (including phenoxy) is 1. The van der Waals surface area contributed by atoms with E-state index in [9.17, 15) is 0 Å². The first-order valence-electron chi connectivity index (χ1n) is 6.00. The molecule has 2 heteroatoms. The highest BCUT2D eigenvalue weighted by atomic mass is 16.5. The summed E-state index contributed by atoms with van der Waals surface area (Å²) in [6.07, 6.45) is 1.23. The summed E-state index contributed by atoms with van der Waals surface area (Å²) in [5, 5.41) is 3.43. The van der Waals surface area contributed by atoms with Crippen molar-refractivity contribution in [2.24, 2.45) is 0 Å². The molecule has 0 aromatic heterocycles. The minimum Gasteiger partial charge on any atom is -0.374 e. The Morgan fingerprint density at radius 1 is 1.31 bits per heavy atom. The number of nitrogens with one attached hydrogen (secondary N) is 1. The van der Waals surface area contributed by atoms with E-state index in [1.165, 1.54) is 17.5 Å². The van der Waals surface area contributed by atoms with Crippen LogP contribution in [-0.4, -0.2) is 20.2 Å². The molecule has 1 aromatic rings. The third-order valence-electron chi connectivity index (χ3n) is 3.62. The molecule has 1 fully saturated rings. The van der Waals surface area contributed by atoms with E-state index in [4.69, 9.17) is 4.74 Å². The van der Waals surface area contributed by atoms with Crippen molar-refractivity contribution < 1.29 is 4.74 Å². The van der Waals surface area contributed by atoms with Crippen LogP contribution in [0.1, 0.15) is 37.3 Å². The Kier molecular flexibility index (Phi) is 3.31. The second-order valence-corrected chi connectivity index (χ2v) is 4.99. The van der Waals surface area contributed by atoms with Crippen LogP contribution >= 0.6 is 0 Å². The molecule has 88 valence electrons. The molecular formula is C14H21NO. The van der Waals surface area contributed by atoms with Crippen molar-refractivity contribution in [2.45, 2.75) is 31.8 Å². The zero-order valence-electron chi connectivity index (χ0n) is 10.4. The Balaban J connectivity index is 2.37. The smallest absolute Gasteiger partial charge is 0.0874 e. The van der Waals surface area contributed by atoms with Crippen molar-refractivity contribution in [3.05, 3.63) is 35.4 Å². The largest absolute Gasteiger partial charge is 0.374 e. The maximum Gasteiger partial charge on any atom is 0.0874 e. The van der Waals surface area contributed by atoms with Crippen LogP contribution in [0.15, 0.2) is 24.3 Å². The molecule has 1 heterocycles. The van der Waals surface area contributed by atoms with E-state index in [0.717, 1.165) is 13.1 Å². The van der Waals surface area contributed by atoms with Gasteiger partial charge in [0.25, 0.3) is 0 Å². The van der Waals surface area contributed by atoms with E-state index < -0.39 is 0 Å². The molecule has 1 aromatic carbocycles. The second kappa shape index (κ2) is 4.56. The van der Waals surface area contributed by atoms with E-state index in [0.29, 0.717) is 5.92 Å². The highest BCUT2D eigenvalue weighted by Crippen LogP contribution is 2.33. The second-order valence-electron chi connectivity index (χ2n) is 4.99. The van der Waals surface area contributed by atoms with E-state index in [1.54, 1.807) is 7.11 Å². The lowest BCUT2D eigenvalue weighted by Gasteiger charge is -2.28.